The maximum absolute atomic E-state index is 13.5. The van der Waals surface area contributed by atoms with E-state index in [-0.39, 0.29) is 27.7 Å². The molecule has 196 valence electrons. The van der Waals surface area contributed by atoms with Crippen LogP contribution in [0.1, 0.15) is 36.4 Å². The highest BCUT2D eigenvalue weighted by molar-refractivity contribution is 6.51. The molecule has 7 nitrogen and oxygen atoms in total. The number of carbonyl (C=O) groups excluding carboxylic acids is 2. The Balaban J connectivity index is 1.64. The molecular weight excluding hydrogens is 504 g/mol. The minimum Gasteiger partial charge on any atom is -0.507 e. The second kappa shape index (κ2) is 10.8. The zero-order chi connectivity index (χ0) is 26.8. The summed E-state index contributed by atoms with van der Waals surface area (Å²) in [6.07, 6.45) is 3.55. The fourth-order valence-corrected chi connectivity index (χ4v) is 5.45. The number of methoxy groups -OCH3 is 2. The highest BCUT2D eigenvalue weighted by atomic mass is 35.5. The summed E-state index contributed by atoms with van der Waals surface area (Å²) >= 11 is 6.26. The van der Waals surface area contributed by atoms with Crippen LogP contribution >= 0.6 is 11.6 Å². The number of aliphatic hydroxyl groups excluding tert-OH is 1. The molecule has 0 aromatic heterocycles. The van der Waals surface area contributed by atoms with E-state index in [0.717, 1.165) is 31.6 Å². The van der Waals surface area contributed by atoms with E-state index in [2.05, 4.69) is 4.90 Å². The van der Waals surface area contributed by atoms with Gasteiger partial charge in [-0.2, -0.15) is 0 Å². The van der Waals surface area contributed by atoms with Crippen LogP contribution in [0.15, 0.2) is 72.3 Å². The minimum atomic E-state index is -0.844. The molecule has 2 aliphatic heterocycles. The number of nitrogens with zero attached hydrogens (tertiary/aromatic N) is 2. The average Bonchev–Trinajstić information content (AvgIpc) is 3.23. The van der Waals surface area contributed by atoms with Crippen molar-refractivity contribution in [2.45, 2.75) is 25.3 Å². The van der Waals surface area contributed by atoms with Crippen LogP contribution in [-0.2, 0) is 9.59 Å². The Bertz CT molecular complexity index is 1380. The number of Topliss-reactive ketones (excluding diaryl/α,β-unsaturated/α-hetero) is 1. The van der Waals surface area contributed by atoms with Crippen molar-refractivity contribution >= 4 is 40.4 Å². The molecule has 0 spiro atoms. The maximum atomic E-state index is 13.5. The third kappa shape index (κ3) is 4.58. The summed E-state index contributed by atoms with van der Waals surface area (Å²) < 4.78 is 10.8. The molecule has 0 saturated carbocycles. The lowest BCUT2D eigenvalue weighted by Gasteiger charge is -2.30. The standard InChI is InChI=1S/C30H29ClN2O5/c1-37-24-18-23(31)25(38-2)17-22(24)28(34)26-27(19-9-5-3-6-10-19)33(30(36)29(26)35)21-13-11-20(12-14-21)32-15-7-4-8-16-32/h3,5-6,9-14,17-18,27,34H,4,7-8,15-16H2,1-2H3/b28-26+. The molecule has 2 heterocycles. The second-order valence-electron chi connectivity index (χ2n) is 9.33. The number of rotatable bonds is 6. The van der Waals surface area contributed by atoms with Gasteiger partial charge in [0.05, 0.1) is 36.4 Å². The molecule has 2 fully saturated rings. The average molecular weight is 533 g/mol. The van der Waals surface area contributed by atoms with Gasteiger partial charge in [0.25, 0.3) is 11.7 Å². The van der Waals surface area contributed by atoms with Crippen LogP contribution in [0, 0.1) is 0 Å². The zero-order valence-electron chi connectivity index (χ0n) is 21.3. The number of hydrogen-bond donors (Lipinski definition) is 1. The molecule has 2 aliphatic rings. The molecule has 8 heteroatoms. The van der Waals surface area contributed by atoms with Crippen LogP contribution in [0.5, 0.6) is 11.5 Å². The topological polar surface area (TPSA) is 79.3 Å². The molecule has 2 saturated heterocycles. The Kier molecular flexibility index (Phi) is 7.29. The number of benzene rings is 3. The summed E-state index contributed by atoms with van der Waals surface area (Å²) in [4.78, 5) is 30.8. The predicted octanol–water partition coefficient (Wildman–Crippen LogP) is 5.97. The van der Waals surface area contributed by atoms with Gasteiger partial charge in [0.15, 0.2) is 0 Å². The first-order valence-corrected chi connectivity index (χ1v) is 12.9. The zero-order valence-corrected chi connectivity index (χ0v) is 22.1. The van der Waals surface area contributed by atoms with Gasteiger partial charge in [-0.3, -0.25) is 14.5 Å². The summed E-state index contributed by atoms with van der Waals surface area (Å²) in [7, 11) is 2.89. The monoisotopic (exact) mass is 532 g/mol. The van der Waals surface area contributed by atoms with Crippen molar-refractivity contribution in [3.63, 3.8) is 0 Å². The number of ether oxygens (including phenoxy) is 2. The van der Waals surface area contributed by atoms with Gasteiger partial charge < -0.3 is 19.5 Å². The van der Waals surface area contributed by atoms with Crippen molar-refractivity contribution < 1.29 is 24.2 Å². The van der Waals surface area contributed by atoms with Crippen molar-refractivity contribution in [1.82, 2.24) is 0 Å². The van der Waals surface area contributed by atoms with Gasteiger partial charge in [-0.05, 0) is 55.2 Å². The van der Waals surface area contributed by atoms with Gasteiger partial charge in [0.2, 0.25) is 0 Å². The van der Waals surface area contributed by atoms with E-state index in [1.807, 2.05) is 54.6 Å². The van der Waals surface area contributed by atoms with Gasteiger partial charge >= 0.3 is 0 Å². The summed E-state index contributed by atoms with van der Waals surface area (Å²) in [6.45, 7) is 2.00. The van der Waals surface area contributed by atoms with Crippen molar-refractivity contribution in [3.05, 3.63) is 88.5 Å². The number of ketones is 1. The molecule has 0 bridgehead atoms. The number of halogens is 1. The third-order valence-electron chi connectivity index (χ3n) is 7.14. The summed E-state index contributed by atoms with van der Waals surface area (Å²) in [5.74, 6) is -1.32. The molecule has 1 N–H and O–H groups in total. The van der Waals surface area contributed by atoms with Gasteiger partial charge in [-0.25, -0.2) is 0 Å². The predicted molar refractivity (Wildman–Crippen MR) is 148 cm³/mol. The molecular formula is C30H29ClN2O5. The minimum absolute atomic E-state index is 0.0380. The smallest absolute Gasteiger partial charge is 0.300 e. The summed E-state index contributed by atoms with van der Waals surface area (Å²) in [5.41, 5.74) is 2.51. The molecule has 1 unspecified atom stereocenters. The first-order chi connectivity index (χ1) is 18.4. The molecule has 0 aliphatic carbocycles. The third-order valence-corrected chi connectivity index (χ3v) is 7.43. The van der Waals surface area contributed by atoms with E-state index in [4.69, 9.17) is 21.1 Å². The van der Waals surface area contributed by atoms with Gasteiger partial charge in [0, 0.05) is 30.5 Å². The number of carbonyl (C=O) groups is 2. The van der Waals surface area contributed by atoms with E-state index in [9.17, 15) is 14.7 Å². The number of amides is 1. The fourth-order valence-electron chi connectivity index (χ4n) is 5.22. The highest BCUT2D eigenvalue weighted by Crippen LogP contribution is 2.45. The van der Waals surface area contributed by atoms with Crippen LogP contribution in [0.4, 0.5) is 11.4 Å². The Hall–Kier alpha value is -3.97. The Morgan fingerprint density at radius 3 is 2.13 bits per heavy atom. The Morgan fingerprint density at radius 2 is 1.50 bits per heavy atom. The number of piperidine rings is 1. The normalized spacial score (nSPS) is 19.1. The second-order valence-corrected chi connectivity index (χ2v) is 9.74. The van der Waals surface area contributed by atoms with Crippen LogP contribution in [0.2, 0.25) is 5.02 Å². The van der Waals surface area contributed by atoms with Crippen LogP contribution < -0.4 is 19.3 Å². The maximum Gasteiger partial charge on any atom is 0.300 e. The van der Waals surface area contributed by atoms with Crippen LogP contribution in [0.25, 0.3) is 5.76 Å². The van der Waals surface area contributed by atoms with Gasteiger partial charge in [-0.1, -0.05) is 41.9 Å². The van der Waals surface area contributed by atoms with Gasteiger partial charge in [0.1, 0.15) is 17.3 Å². The molecule has 3 aromatic rings. The number of anilines is 2. The highest BCUT2D eigenvalue weighted by Gasteiger charge is 2.47. The van der Waals surface area contributed by atoms with Crippen molar-refractivity contribution in [2.75, 3.05) is 37.1 Å². The molecule has 0 radical (unpaired) electrons. The number of hydrogen-bond acceptors (Lipinski definition) is 6. The first-order valence-electron chi connectivity index (χ1n) is 12.6. The lowest BCUT2D eigenvalue weighted by Crippen LogP contribution is -2.30. The molecule has 1 amide bonds. The van der Waals surface area contributed by atoms with Gasteiger partial charge in [-0.15, -0.1) is 0 Å². The van der Waals surface area contributed by atoms with E-state index >= 15 is 0 Å². The van der Waals surface area contributed by atoms with Crippen molar-refractivity contribution in [1.29, 1.82) is 0 Å². The van der Waals surface area contributed by atoms with Crippen LogP contribution in [-0.4, -0.2) is 44.1 Å². The molecule has 3 aromatic carbocycles. The van der Waals surface area contributed by atoms with Crippen LogP contribution in [0.3, 0.4) is 0 Å². The SMILES string of the molecule is COc1cc(/C(O)=C2\C(=O)C(=O)N(c3ccc(N4CCCCC4)cc3)C2c2ccccc2)c(OC)cc1Cl. The Morgan fingerprint density at radius 1 is 0.868 bits per heavy atom. The Labute approximate surface area is 226 Å². The van der Waals surface area contributed by atoms with Crippen molar-refractivity contribution in [3.8, 4) is 11.5 Å². The van der Waals surface area contributed by atoms with E-state index in [1.54, 1.807) is 0 Å². The van der Waals surface area contributed by atoms with E-state index in [1.165, 1.54) is 37.7 Å². The lowest BCUT2D eigenvalue weighted by molar-refractivity contribution is -0.132. The number of aliphatic hydroxyl groups is 1. The molecule has 5 rings (SSSR count). The summed E-state index contributed by atoms with van der Waals surface area (Å²) in [5, 5.41) is 11.8. The van der Waals surface area contributed by atoms with E-state index in [0.29, 0.717) is 17.0 Å². The quantitative estimate of drug-likeness (QED) is 0.239. The fraction of sp³-hybridized carbons (Fsp3) is 0.267. The lowest BCUT2D eigenvalue weighted by atomic mass is 9.94. The van der Waals surface area contributed by atoms with E-state index < -0.39 is 17.7 Å². The van der Waals surface area contributed by atoms with Crippen molar-refractivity contribution in [2.24, 2.45) is 0 Å². The first kappa shape index (κ1) is 25.7. The summed E-state index contributed by atoms with van der Waals surface area (Å²) in [6, 6.07) is 19.0. The molecule has 1 atom stereocenters. The largest absolute Gasteiger partial charge is 0.507 e. The molecule has 38 heavy (non-hydrogen) atoms.